The highest BCUT2D eigenvalue weighted by Crippen LogP contribution is 2.24. The Hall–Kier alpha value is -1.94. The number of hydrogen-bond acceptors (Lipinski definition) is 3. The lowest BCUT2D eigenvalue weighted by Gasteiger charge is -2.06. The van der Waals surface area contributed by atoms with Crippen LogP contribution in [-0.2, 0) is 0 Å². The molecular formula is C15H11BrN2O. The van der Waals surface area contributed by atoms with Crippen molar-refractivity contribution in [1.29, 1.82) is 0 Å². The zero-order chi connectivity index (χ0) is 13.2. The maximum atomic E-state index is 5.73. The van der Waals surface area contributed by atoms with Crippen LogP contribution in [-0.4, -0.2) is 9.97 Å². The highest BCUT2D eigenvalue weighted by Gasteiger charge is 2.03. The second-order valence-corrected chi connectivity index (χ2v) is 5.04. The fraction of sp³-hybridized carbons (Fsp3) is 0.0667. The first kappa shape index (κ1) is 12.1. The van der Waals surface area contributed by atoms with Crippen LogP contribution in [0.25, 0.3) is 10.9 Å². The van der Waals surface area contributed by atoms with Crippen LogP contribution in [0.4, 0.5) is 0 Å². The van der Waals surface area contributed by atoms with Crippen molar-refractivity contribution in [1.82, 2.24) is 9.97 Å². The Balaban J connectivity index is 1.94. The maximum Gasteiger partial charge on any atom is 0.219 e. The minimum absolute atomic E-state index is 0.567. The molecule has 1 aromatic carbocycles. The summed E-state index contributed by atoms with van der Waals surface area (Å²) in [5.41, 5.74) is 1.85. The number of halogens is 1. The van der Waals surface area contributed by atoms with Gasteiger partial charge in [-0.2, -0.15) is 0 Å². The Labute approximate surface area is 119 Å². The molecule has 0 fully saturated rings. The quantitative estimate of drug-likeness (QED) is 0.699. The third kappa shape index (κ3) is 2.58. The summed E-state index contributed by atoms with van der Waals surface area (Å²) < 4.78 is 6.70. The number of rotatable bonds is 2. The van der Waals surface area contributed by atoms with E-state index in [0.29, 0.717) is 11.6 Å². The summed E-state index contributed by atoms with van der Waals surface area (Å²) in [6, 6.07) is 13.6. The van der Waals surface area contributed by atoms with E-state index in [1.165, 1.54) is 0 Å². The predicted octanol–water partition coefficient (Wildman–Crippen LogP) is 4.49. The summed E-state index contributed by atoms with van der Waals surface area (Å²) in [6.45, 7) is 1.93. The van der Waals surface area contributed by atoms with E-state index in [1.54, 1.807) is 6.20 Å². The van der Waals surface area contributed by atoms with Gasteiger partial charge in [-0.15, -0.1) is 0 Å². The molecule has 3 nitrogen and oxygen atoms in total. The van der Waals surface area contributed by atoms with Crippen LogP contribution in [0.2, 0.25) is 0 Å². The van der Waals surface area contributed by atoms with E-state index in [-0.39, 0.29) is 0 Å². The first-order valence-electron chi connectivity index (χ1n) is 5.88. The van der Waals surface area contributed by atoms with Gasteiger partial charge in [-0.25, -0.2) is 4.98 Å². The van der Waals surface area contributed by atoms with E-state index < -0.39 is 0 Å². The standard InChI is InChI=1S/C15H11BrN2O/c1-10-13(16)6-7-15(18-10)19-12-8-11-4-2-3-5-14(11)17-9-12/h2-9H,1H3. The summed E-state index contributed by atoms with van der Waals surface area (Å²) in [4.78, 5) is 8.71. The average Bonchev–Trinajstić information content (AvgIpc) is 2.43. The molecule has 0 saturated heterocycles. The van der Waals surface area contributed by atoms with E-state index in [0.717, 1.165) is 21.1 Å². The Morgan fingerprint density at radius 1 is 1.11 bits per heavy atom. The smallest absolute Gasteiger partial charge is 0.219 e. The van der Waals surface area contributed by atoms with Crippen molar-refractivity contribution in [2.45, 2.75) is 6.92 Å². The molecule has 0 radical (unpaired) electrons. The van der Waals surface area contributed by atoms with Gasteiger partial charge < -0.3 is 4.74 Å². The van der Waals surface area contributed by atoms with Gasteiger partial charge in [0, 0.05) is 15.9 Å². The number of aromatic nitrogens is 2. The van der Waals surface area contributed by atoms with Crippen LogP contribution in [0.5, 0.6) is 11.6 Å². The molecule has 4 heteroatoms. The maximum absolute atomic E-state index is 5.73. The SMILES string of the molecule is Cc1nc(Oc2cnc3ccccc3c2)ccc1Br. The third-order valence-electron chi connectivity index (χ3n) is 2.78. The summed E-state index contributed by atoms with van der Waals surface area (Å²) >= 11 is 3.42. The van der Waals surface area contributed by atoms with Crippen molar-refractivity contribution < 1.29 is 4.74 Å². The van der Waals surface area contributed by atoms with Crippen molar-refractivity contribution in [2.75, 3.05) is 0 Å². The summed E-state index contributed by atoms with van der Waals surface area (Å²) in [5, 5.41) is 1.05. The zero-order valence-corrected chi connectivity index (χ0v) is 11.9. The molecule has 19 heavy (non-hydrogen) atoms. The van der Waals surface area contributed by atoms with Crippen molar-refractivity contribution in [3.63, 3.8) is 0 Å². The molecule has 0 atom stereocenters. The Morgan fingerprint density at radius 3 is 2.79 bits per heavy atom. The van der Waals surface area contributed by atoms with E-state index in [4.69, 9.17) is 4.74 Å². The van der Waals surface area contributed by atoms with Crippen LogP contribution in [0, 0.1) is 6.92 Å². The molecule has 0 aliphatic rings. The van der Waals surface area contributed by atoms with E-state index >= 15 is 0 Å². The first-order valence-corrected chi connectivity index (χ1v) is 6.67. The van der Waals surface area contributed by atoms with Gasteiger partial charge in [-0.3, -0.25) is 4.98 Å². The van der Waals surface area contributed by atoms with Crippen molar-refractivity contribution in [2.24, 2.45) is 0 Å². The van der Waals surface area contributed by atoms with Gasteiger partial charge in [-0.05, 0) is 41.1 Å². The number of ether oxygens (including phenoxy) is 1. The highest BCUT2D eigenvalue weighted by molar-refractivity contribution is 9.10. The molecule has 0 bridgehead atoms. The number of fused-ring (bicyclic) bond motifs is 1. The van der Waals surface area contributed by atoms with Crippen LogP contribution in [0.15, 0.2) is 53.1 Å². The Bertz CT molecular complexity index is 743. The van der Waals surface area contributed by atoms with Gasteiger partial charge in [0.25, 0.3) is 0 Å². The molecule has 0 N–H and O–H groups in total. The first-order chi connectivity index (χ1) is 9.22. The highest BCUT2D eigenvalue weighted by atomic mass is 79.9. The third-order valence-corrected chi connectivity index (χ3v) is 3.62. The summed E-state index contributed by atoms with van der Waals surface area (Å²) in [7, 11) is 0. The lowest BCUT2D eigenvalue weighted by atomic mass is 10.2. The lowest BCUT2D eigenvalue weighted by Crippen LogP contribution is -1.91. The molecule has 0 aliphatic heterocycles. The predicted molar refractivity (Wildman–Crippen MR) is 78.5 cm³/mol. The largest absolute Gasteiger partial charge is 0.437 e. The number of benzene rings is 1. The normalized spacial score (nSPS) is 10.6. The van der Waals surface area contributed by atoms with Crippen LogP contribution in [0.1, 0.15) is 5.69 Å². The molecule has 2 aromatic heterocycles. The molecule has 0 saturated carbocycles. The Morgan fingerprint density at radius 2 is 1.95 bits per heavy atom. The van der Waals surface area contributed by atoms with E-state index in [1.807, 2.05) is 49.4 Å². The number of aryl methyl sites for hydroxylation is 1. The van der Waals surface area contributed by atoms with Crippen LogP contribution in [0.3, 0.4) is 0 Å². The fourth-order valence-electron chi connectivity index (χ4n) is 1.81. The Kier molecular flexibility index (Phi) is 3.17. The summed E-state index contributed by atoms with van der Waals surface area (Å²) in [6.07, 6.45) is 1.71. The molecule has 2 heterocycles. The molecule has 0 aliphatic carbocycles. The number of para-hydroxylation sites is 1. The van der Waals surface area contributed by atoms with Crippen molar-refractivity contribution in [3.05, 3.63) is 58.8 Å². The van der Waals surface area contributed by atoms with Gasteiger partial charge >= 0.3 is 0 Å². The minimum atomic E-state index is 0.567. The molecule has 3 rings (SSSR count). The number of pyridine rings is 2. The summed E-state index contributed by atoms with van der Waals surface area (Å²) in [5.74, 6) is 1.26. The minimum Gasteiger partial charge on any atom is -0.437 e. The van der Waals surface area contributed by atoms with E-state index in [9.17, 15) is 0 Å². The average molecular weight is 315 g/mol. The van der Waals surface area contributed by atoms with Gasteiger partial charge in [0.1, 0.15) is 5.75 Å². The monoisotopic (exact) mass is 314 g/mol. The topological polar surface area (TPSA) is 35.0 Å². The van der Waals surface area contributed by atoms with Gasteiger partial charge in [-0.1, -0.05) is 18.2 Å². The number of hydrogen-bond donors (Lipinski definition) is 0. The van der Waals surface area contributed by atoms with Crippen molar-refractivity contribution in [3.8, 4) is 11.6 Å². The molecule has 0 amide bonds. The van der Waals surface area contributed by atoms with Crippen LogP contribution < -0.4 is 4.74 Å². The van der Waals surface area contributed by atoms with E-state index in [2.05, 4.69) is 25.9 Å². The molecular weight excluding hydrogens is 304 g/mol. The number of nitrogens with zero attached hydrogens (tertiary/aromatic N) is 2. The fourth-order valence-corrected chi connectivity index (χ4v) is 2.03. The lowest BCUT2D eigenvalue weighted by molar-refractivity contribution is 0.460. The van der Waals surface area contributed by atoms with Gasteiger partial charge in [0.15, 0.2) is 0 Å². The zero-order valence-electron chi connectivity index (χ0n) is 10.3. The second-order valence-electron chi connectivity index (χ2n) is 4.18. The van der Waals surface area contributed by atoms with Gasteiger partial charge in [0.05, 0.1) is 17.4 Å². The molecule has 0 unspecified atom stereocenters. The van der Waals surface area contributed by atoms with Crippen LogP contribution >= 0.6 is 15.9 Å². The second kappa shape index (κ2) is 4.97. The van der Waals surface area contributed by atoms with Crippen molar-refractivity contribution >= 4 is 26.8 Å². The molecule has 94 valence electrons. The molecule has 3 aromatic rings. The molecule has 0 spiro atoms. The van der Waals surface area contributed by atoms with Gasteiger partial charge in [0.2, 0.25) is 5.88 Å².